The minimum absolute atomic E-state index is 0.456. The molecule has 1 aliphatic rings. The lowest BCUT2D eigenvalue weighted by Gasteiger charge is -2.24. The normalized spacial score (nSPS) is 17.9. The zero-order chi connectivity index (χ0) is 20.4. The predicted octanol–water partition coefficient (Wildman–Crippen LogP) is 3.95. The first-order valence-corrected chi connectivity index (χ1v) is 10.7. The van der Waals surface area contributed by atoms with Gasteiger partial charge in [-0.3, -0.25) is 9.69 Å². The van der Waals surface area contributed by atoms with Gasteiger partial charge in [-0.2, -0.15) is 0 Å². The van der Waals surface area contributed by atoms with Crippen molar-refractivity contribution in [2.24, 2.45) is 0 Å². The number of para-hydroxylation sites is 1. The van der Waals surface area contributed by atoms with E-state index in [-0.39, 0.29) is 0 Å². The molecule has 0 aromatic heterocycles. The van der Waals surface area contributed by atoms with E-state index < -0.39 is 26.9 Å². The summed E-state index contributed by atoms with van der Waals surface area (Å²) in [6.45, 7) is 0. The number of hydrogen-bond donors (Lipinski definition) is 0. The lowest BCUT2D eigenvalue weighted by Crippen LogP contribution is -2.29. The molecule has 0 bridgehead atoms. The average molecular weight is 409 g/mol. The number of hydrogen-bond acceptors (Lipinski definition) is 5. The summed E-state index contributed by atoms with van der Waals surface area (Å²) < 4.78 is 36.3. The Bertz CT molecular complexity index is 1110. The summed E-state index contributed by atoms with van der Waals surface area (Å²) in [4.78, 5) is 13.9. The second-order valence-corrected chi connectivity index (χ2v) is 8.67. The van der Waals surface area contributed by atoms with E-state index in [9.17, 15) is 13.2 Å². The molecule has 1 unspecified atom stereocenters. The Morgan fingerprint density at radius 2 is 1.41 bits per heavy atom. The van der Waals surface area contributed by atoms with Crippen LogP contribution in [0.3, 0.4) is 0 Å². The number of nitrogens with zero attached hydrogens (tertiary/aromatic N) is 1. The van der Waals surface area contributed by atoms with Gasteiger partial charge in [-0.15, -0.1) is 0 Å². The van der Waals surface area contributed by atoms with Gasteiger partial charge in [-0.1, -0.05) is 30.3 Å². The van der Waals surface area contributed by atoms with Crippen molar-refractivity contribution in [3.63, 3.8) is 0 Å². The minimum atomic E-state index is -3.66. The van der Waals surface area contributed by atoms with Gasteiger partial charge in [0.25, 0.3) is 0 Å². The van der Waals surface area contributed by atoms with Gasteiger partial charge in [0.15, 0.2) is 15.2 Å². The molecule has 1 saturated heterocycles. The molecule has 7 heteroatoms. The first-order valence-electron chi connectivity index (χ1n) is 8.98. The maximum Gasteiger partial charge on any atom is 0.243 e. The summed E-state index contributed by atoms with van der Waals surface area (Å²) in [7, 11) is -2.12. The number of sulfone groups is 1. The molecule has 148 valence electrons. The fourth-order valence-electron chi connectivity index (χ4n) is 3.32. The molecule has 0 saturated carbocycles. The molecule has 6 nitrogen and oxygen atoms in total. The smallest absolute Gasteiger partial charge is 0.243 e. The molecule has 1 heterocycles. The fourth-order valence-corrected chi connectivity index (χ4v) is 5.09. The Morgan fingerprint density at radius 1 is 0.828 bits per heavy atom. The number of benzene rings is 3. The highest BCUT2D eigenvalue weighted by Gasteiger charge is 2.45. The number of carbonyl (C=O) groups is 1. The van der Waals surface area contributed by atoms with E-state index in [0.29, 0.717) is 28.5 Å². The molecular formula is C22H19NO5S. The Morgan fingerprint density at radius 3 is 2.03 bits per heavy atom. The van der Waals surface area contributed by atoms with Crippen LogP contribution in [0.15, 0.2) is 78.9 Å². The van der Waals surface area contributed by atoms with E-state index in [1.807, 2.05) is 30.3 Å². The van der Waals surface area contributed by atoms with Crippen molar-refractivity contribution in [3.05, 3.63) is 84.4 Å². The molecule has 1 aliphatic heterocycles. The van der Waals surface area contributed by atoms with Gasteiger partial charge in [0.1, 0.15) is 23.0 Å². The van der Waals surface area contributed by atoms with E-state index >= 15 is 0 Å². The first kappa shape index (κ1) is 19.0. The molecule has 29 heavy (non-hydrogen) atoms. The summed E-state index contributed by atoms with van der Waals surface area (Å²) in [5.74, 6) is 0.921. The van der Waals surface area contributed by atoms with Gasteiger partial charge in [-0.05, 0) is 54.1 Å². The maximum absolute atomic E-state index is 12.7. The number of ether oxygens (including phenoxy) is 2. The van der Waals surface area contributed by atoms with E-state index in [1.165, 1.54) is 12.0 Å². The summed E-state index contributed by atoms with van der Waals surface area (Å²) in [6.07, 6.45) is 0. The molecule has 3 aromatic carbocycles. The van der Waals surface area contributed by atoms with Gasteiger partial charge >= 0.3 is 0 Å². The van der Waals surface area contributed by atoms with Crippen molar-refractivity contribution in [3.8, 4) is 17.2 Å². The standard InChI is InChI=1S/C22H19NO5S/c1-27-18-11-7-16(8-12-18)22-23(21(24)15-29(22,25)26)17-9-13-20(14-10-17)28-19-5-3-2-4-6-19/h2-14,22H,15H2,1H3. The maximum atomic E-state index is 12.7. The molecule has 0 N–H and O–H groups in total. The van der Waals surface area contributed by atoms with E-state index in [4.69, 9.17) is 9.47 Å². The molecule has 1 atom stereocenters. The quantitative estimate of drug-likeness (QED) is 0.638. The average Bonchev–Trinajstić information content (AvgIpc) is 2.97. The van der Waals surface area contributed by atoms with Crippen LogP contribution < -0.4 is 14.4 Å². The molecule has 3 aromatic rings. The van der Waals surface area contributed by atoms with Crippen molar-refractivity contribution in [2.75, 3.05) is 17.8 Å². The lowest BCUT2D eigenvalue weighted by molar-refractivity contribution is -0.115. The monoisotopic (exact) mass is 409 g/mol. The minimum Gasteiger partial charge on any atom is -0.497 e. The van der Waals surface area contributed by atoms with Crippen LogP contribution in [0.25, 0.3) is 0 Å². The van der Waals surface area contributed by atoms with Crippen LogP contribution in [0.2, 0.25) is 0 Å². The van der Waals surface area contributed by atoms with Crippen LogP contribution in [-0.4, -0.2) is 27.2 Å². The Balaban J connectivity index is 1.65. The summed E-state index contributed by atoms with van der Waals surface area (Å²) >= 11 is 0. The predicted molar refractivity (Wildman–Crippen MR) is 110 cm³/mol. The largest absolute Gasteiger partial charge is 0.497 e. The van der Waals surface area contributed by atoms with Crippen LogP contribution in [-0.2, 0) is 14.6 Å². The lowest BCUT2D eigenvalue weighted by atomic mass is 10.1. The summed E-state index contributed by atoms with van der Waals surface area (Å²) in [6, 6.07) is 22.8. The molecule has 4 rings (SSSR count). The van der Waals surface area contributed by atoms with Crippen LogP contribution in [0.4, 0.5) is 5.69 Å². The SMILES string of the molecule is COc1ccc(C2N(c3ccc(Oc4ccccc4)cc3)C(=O)CS2(=O)=O)cc1. The van der Waals surface area contributed by atoms with Gasteiger partial charge in [0, 0.05) is 5.69 Å². The number of methoxy groups -OCH3 is 1. The van der Waals surface area contributed by atoms with Crippen molar-refractivity contribution in [2.45, 2.75) is 5.37 Å². The van der Waals surface area contributed by atoms with Crippen LogP contribution in [0.5, 0.6) is 17.2 Å². The third-order valence-corrected chi connectivity index (χ3v) is 6.48. The first-order chi connectivity index (χ1) is 14.0. The highest BCUT2D eigenvalue weighted by Crippen LogP contribution is 2.38. The molecule has 1 fully saturated rings. The molecule has 0 spiro atoms. The van der Waals surface area contributed by atoms with Crippen molar-refractivity contribution >= 4 is 21.4 Å². The number of anilines is 1. The van der Waals surface area contributed by atoms with E-state index in [1.54, 1.807) is 48.5 Å². The van der Waals surface area contributed by atoms with E-state index in [2.05, 4.69) is 0 Å². The molecular weight excluding hydrogens is 390 g/mol. The fraction of sp³-hybridized carbons (Fsp3) is 0.136. The molecule has 1 amide bonds. The molecule has 0 aliphatic carbocycles. The van der Waals surface area contributed by atoms with Gasteiger partial charge in [0.2, 0.25) is 5.91 Å². The highest BCUT2D eigenvalue weighted by molar-refractivity contribution is 7.93. The van der Waals surface area contributed by atoms with Crippen LogP contribution >= 0.6 is 0 Å². The zero-order valence-corrected chi connectivity index (χ0v) is 16.5. The van der Waals surface area contributed by atoms with Crippen molar-refractivity contribution in [1.29, 1.82) is 0 Å². The Hall–Kier alpha value is -3.32. The Labute approximate surface area is 169 Å². The highest BCUT2D eigenvalue weighted by atomic mass is 32.2. The van der Waals surface area contributed by atoms with Crippen molar-refractivity contribution < 1.29 is 22.7 Å². The Kier molecular flexibility index (Phi) is 4.98. The second kappa shape index (κ2) is 7.60. The third-order valence-electron chi connectivity index (χ3n) is 4.66. The van der Waals surface area contributed by atoms with Gasteiger partial charge in [-0.25, -0.2) is 8.42 Å². The third kappa shape index (κ3) is 3.82. The number of amides is 1. The van der Waals surface area contributed by atoms with E-state index in [0.717, 1.165) is 0 Å². The van der Waals surface area contributed by atoms with Gasteiger partial charge < -0.3 is 9.47 Å². The summed E-state index contributed by atoms with van der Waals surface area (Å²) in [5.41, 5.74) is 1.01. The van der Waals surface area contributed by atoms with Crippen LogP contribution in [0.1, 0.15) is 10.9 Å². The second-order valence-electron chi connectivity index (χ2n) is 6.61. The van der Waals surface area contributed by atoms with Gasteiger partial charge in [0.05, 0.1) is 7.11 Å². The summed E-state index contributed by atoms with van der Waals surface area (Å²) in [5, 5.41) is -1.07. The van der Waals surface area contributed by atoms with Crippen LogP contribution in [0, 0.1) is 0 Å². The molecule has 0 radical (unpaired) electrons. The number of rotatable bonds is 5. The van der Waals surface area contributed by atoms with Crippen molar-refractivity contribution in [1.82, 2.24) is 0 Å². The topological polar surface area (TPSA) is 72.9 Å². The number of carbonyl (C=O) groups excluding carboxylic acids is 1. The zero-order valence-electron chi connectivity index (χ0n) is 15.7.